The largest absolute Gasteiger partial charge is 0.573 e. The number of esters is 1. The topological polar surface area (TPSA) is 35.5 Å². The lowest BCUT2D eigenvalue weighted by Gasteiger charge is -2.20. The lowest BCUT2D eigenvalue weighted by atomic mass is 9.88. The average molecular weight is 454 g/mol. The van der Waals surface area contributed by atoms with Crippen LogP contribution >= 0.6 is 0 Å². The summed E-state index contributed by atoms with van der Waals surface area (Å²) in [6.07, 6.45) is -0.767. The first-order chi connectivity index (χ1) is 15.7. The molecule has 0 spiro atoms. The van der Waals surface area contributed by atoms with Crippen LogP contribution in [-0.4, -0.2) is 12.3 Å². The second-order valence-corrected chi connectivity index (χ2v) is 7.94. The van der Waals surface area contributed by atoms with Crippen molar-refractivity contribution < 1.29 is 27.4 Å². The minimum atomic E-state index is -4.76. The van der Waals surface area contributed by atoms with E-state index in [0.717, 1.165) is 16.7 Å². The molecular weight excluding hydrogens is 429 g/mol. The van der Waals surface area contributed by atoms with E-state index in [9.17, 15) is 18.0 Å². The quantitative estimate of drug-likeness (QED) is 0.266. The zero-order valence-electron chi connectivity index (χ0n) is 18.4. The number of rotatable bonds is 8. The summed E-state index contributed by atoms with van der Waals surface area (Å²) in [5.41, 5.74) is 3.48. The Morgan fingerprint density at radius 3 is 2.15 bits per heavy atom. The third kappa shape index (κ3) is 7.52. The third-order valence-corrected chi connectivity index (χ3v) is 4.99. The molecule has 0 aromatic heterocycles. The van der Waals surface area contributed by atoms with Gasteiger partial charge in [0.2, 0.25) is 0 Å². The molecule has 1 unspecified atom stereocenters. The van der Waals surface area contributed by atoms with E-state index in [1.807, 2.05) is 80.6 Å². The molecule has 0 saturated heterocycles. The molecule has 0 aliphatic carbocycles. The van der Waals surface area contributed by atoms with Gasteiger partial charge in [-0.25, -0.2) is 0 Å². The molecule has 0 radical (unpaired) electrons. The van der Waals surface area contributed by atoms with Crippen LogP contribution in [0.5, 0.6) is 5.75 Å². The van der Waals surface area contributed by atoms with Crippen molar-refractivity contribution >= 4 is 18.1 Å². The molecule has 1 atom stereocenters. The molecule has 3 aromatic rings. The number of carbonyl (C=O) groups excluding carboxylic acids is 1. The first-order valence-electron chi connectivity index (χ1n) is 10.6. The maximum absolute atomic E-state index is 12.8. The number of alkyl halides is 3. The molecule has 3 nitrogen and oxygen atoms in total. The molecule has 0 N–H and O–H groups in total. The van der Waals surface area contributed by atoms with Crippen LogP contribution in [-0.2, 0) is 16.1 Å². The summed E-state index contributed by atoms with van der Waals surface area (Å²) in [6.45, 7) is 3.83. The molecule has 0 bridgehead atoms. The molecular formula is C27H25F3O3. The highest BCUT2D eigenvalue weighted by Gasteiger charge is 2.31. The Bertz CT molecular complexity index is 1070. The summed E-state index contributed by atoms with van der Waals surface area (Å²) in [7, 11) is 0. The van der Waals surface area contributed by atoms with Crippen LogP contribution in [0.25, 0.3) is 12.2 Å². The van der Waals surface area contributed by atoms with Gasteiger partial charge in [-0.05, 0) is 46.4 Å². The smallest absolute Gasteiger partial charge is 0.460 e. The fourth-order valence-electron chi connectivity index (χ4n) is 3.46. The fourth-order valence-corrected chi connectivity index (χ4v) is 3.46. The van der Waals surface area contributed by atoms with E-state index in [1.165, 1.54) is 24.3 Å². The highest BCUT2D eigenvalue weighted by molar-refractivity contribution is 5.78. The first-order valence-corrected chi connectivity index (χ1v) is 10.6. The van der Waals surface area contributed by atoms with Gasteiger partial charge in [0.1, 0.15) is 12.4 Å². The minimum absolute atomic E-state index is 0.102. The molecule has 172 valence electrons. The van der Waals surface area contributed by atoms with Crippen molar-refractivity contribution in [3.8, 4) is 5.75 Å². The van der Waals surface area contributed by atoms with Crippen LogP contribution in [0.1, 0.15) is 42.0 Å². The molecule has 0 amide bonds. The highest BCUT2D eigenvalue weighted by Crippen LogP contribution is 2.30. The maximum atomic E-state index is 12.8. The summed E-state index contributed by atoms with van der Waals surface area (Å²) < 4.78 is 46.6. The van der Waals surface area contributed by atoms with Gasteiger partial charge in [0, 0.05) is 0 Å². The highest BCUT2D eigenvalue weighted by atomic mass is 19.4. The Hall–Kier alpha value is -3.54. The summed E-state index contributed by atoms with van der Waals surface area (Å²) in [4.78, 5) is 12.8. The van der Waals surface area contributed by atoms with Gasteiger partial charge in [0.15, 0.2) is 0 Å². The second-order valence-electron chi connectivity index (χ2n) is 7.94. The predicted octanol–water partition coefficient (Wildman–Crippen LogP) is 7.24. The van der Waals surface area contributed by atoms with Gasteiger partial charge < -0.3 is 9.47 Å². The van der Waals surface area contributed by atoms with Crippen molar-refractivity contribution in [2.45, 2.75) is 32.7 Å². The number of ether oxygens (including phenoxy) is 2. The van der Waals surface area contributed by atoms with Gasteiger partial charge >= 0.3 is 12.3 Å². The normalized spacial score (nSPS) is 12.7. The van der Waals surface area contributed by atoms with Gasteiger partial charge in [-0.2, -0.15) is 0 Å². The fraction of sp³-hybridized carbons (Fsp3) is 0.222. The lowest BCUT2D eigenvalue weighted by Crippen LogP contribution is -2.21. The molecule has 3 aromatic carbocycles. The van der Waals surface area contributed by atoms with E-state index in [2.05, 4.69) is 4.74 Å². The van der Waals surface area contributed by atoms with Crippen LogP contribution in [0.2, 0.25) is 0 Å². The predicted molar refractivity (Wildman–Crippen MR) is 122 cm³/mol. The van der Waals surface area contributed by atoms with Gasteiger partial charge in [0.25, 0.3) is 0 Å². The zero-order chi connectivity index (χ0) is 23.8. The number of carbonyl (C=O) groups is 1. The number of benzene rings is 3. The van der Waals surface area contributed by atoms with E-state index < -0.39 is 18.2 Å². The van der Waals surface area contributed by atoms with E-state index >= 15 is 0 Å². The van der Waals surface area contributed by atoms with Gasteiger partial charge in [-0.3, -0.25) is 4.79 Å². The molecule has 33 heavy (non-hydrogen) atoms. The molecule has 0 aliphatic rings. The summed E-state index contributed by atoms with van der Waals surface area (Å²) >= 11 is 0. The Balaban J connectivity index is 1.65. The van der Waals surface area contributed by atoms with Crippen molar-refractivity contribution in [2.24, 2.45) is 5.92 Å². The van der Waals surface area contributed by atoms with Crippen molar-refractivity contribution in [1.29, 1.82) is 0 Å². The van der Waals surface area contributed by atoms with Crippen molar-refractivity contribution in [3.05, 3.63) is 101 Å². The average Bonchev–Trinajstić information content (AvgIpc) is 2.77. The summed E-state index contributed by atoms with van der Waals surface area (Å²) in [6, 6.07) is 22.9. The van der Waals surface area contributed by atoms with Crippen LogP contribution in [0.3, 0.4) is 0 Å². The van der Waals surface area contributed by atoms with E-state index in [-0.39, 0.29) is 18.3 Å². The molecule has 3 rings (SSSR count). The molecule has 0 heterocycles. The van der Waals surface area contributed by atoms with Crippen LogP contribution in [0.4, 0.5) is 13.2 Å². The van der Waals surface area contributed by atoms with E-state index in [4.69, 9.17) is 4.74 Å². The first kappa shape index (κ1) is 24.1. The summed E-state index contributed by atoms with van der Waals surface area (Å²) in [5.74, 6) is -1.47. The van der Waals surface area contributed by atoms with Crippen molar-refractivity contribution in [2.75, 3.05) is 0 Å². The van der Waals surface area contributed by atoms with Crippen LogP contribution in [0, 0.1) is 5.92 Å². The molecule has 0 saturated carbocycles. The van der Waals surface area contributed by atoms with Gasteiger partial charge in [-0.1, -0.05) is 86.7 Å². The summed E-state index contributed by atoms with van der Waals surface area (Å²) in [5, 5.41) is 0. The van der Waals surface area contributed by atoms with Crippen LogP contribution < -0.4 is 4.74 Å². The standard InChI is InChI=1S/C27H25F3O3/c1-19(2)25(23-13-15-24(16-14-23)33-27(28,29)30)26(31)32-18-22-10-6-9-21(17-22)12-11-20-7-4-3-5-8-20/h3-17,19,25H,18H2,1-2H3. The Morgan fingerprint density at radius 1 is 0.879 bits per heavy atom. The van der Waals surface area contributed by atoms with E-state index in [1.54, 1.807) is 0 Å². The lowest BCUT2D eigenvalue weighted by molar-refractivity contribution is -0.274. The van der Waals surface area contributed by atoms with E-state index in [0.29, 0.717) is 5.56 Å². The SMILES string of the molecule is CC(C)C(C(=O)OCc1cccc(C=Cc2ccccc2)c1)c1ccc(OC(F)(F)F)cc1. The number of hydrogen-bond donors (Lipinski definition) is 0. The molecule has 6 heteroatoms. The Kier molecular flexibility index (Phi) is 7.93. The maximum Gasteiger partial charge on any atom is 0.573 e. The molecule has 0 aliphatic heterocycles. The van der Waals surface area contributed by atoms with Crippen molar-refractivity contribution in [1.82, 2.24) is 0 Å². The van der Waals surface area contributed by atoms with Gasteiger partial charge in [-0.15, -0.1) is 13.2 Å². The van der Waals surface area contributed by atoms with Crippen LogP contribution in [0.15, 0.2) is 78.9 Å². The zero-order valence-corrected chi connectivity index (χ0v) is 18.4. The Labute approximate surface area is 191 Å². The third-order valence-electron chi connectivity index (χ3n) is 4.99. The van der Waals surface area contributed by atoms with Crippen molar-refractivity contribution in [3.63, 3.8) is 0 Å². The second kappa shape index (κ2) is 10.9. The number of halogens is 3. The monoisotopic (exact) mass is 454 g/mol. The molecule has 0 fully saturated rings. The minimum Gasteiger partial charge on any atom is -0.460 e. The van der Waals surface area contributed by atoms with Gasteiger partial charge in [0.05, 0.1) is 5.92 Å². The number of hydrogen-bond acceptors (Lipinski definition) is 3. The Morgan fingerprint density at radius 2 is 1.52 bits per heavy atom.